The van der Waals surface area contributed by atoms with E-state index < -0.39 is 23.8 Å². The summed E-state index contributed by atoms with van der Waals surface area (Å²) in [6.45, 7) is 7.20. The molecule has 2 aromatic carbocycles. The fraction of sp³-hybridized carbons (Fsp3) is 0.464. The highest BCUT2D eigenvalue weighted by atomic mass is 32.1. The van der Waals surface area contributed by atoms with Crippen LogP contribution in [0.1, 0.15) is 57.2 Å². The van der Waals surface area contributed by atoms with Crippen molar-refractivity contribution < 1.29 is 23.9 Å². The quantitative estimate of drug-likeness (QED) is 0.404. The van der Waals surface area contributed by atoms with E-state index in [-0.39, 0.29) is 23.6 Å². The number of methoxy groups -OCH3 is 1. The van der Waals surface area contributed by atoms with Crippen LogP contribution in [0.5, 0.6) is 5.75 Å². The molecule has 0 spiro atoms. The average molecular weight is 528 g/mol. The number of anilines is 1. The number of amides is 3. The first-order chi connectivity index (χ1) is 17.5. The van der Waals surface area contributed by atoms with Crippen LogP contribution in [-0.4, -0.2) is 53.4 Å². The summed E-state index contributed by atoms with van der Waals surface area (Å²) in [6.07, 6.45) is 1.80. The average Bonchev–Trinajstić information content (AvgIpc) is 2.80. The van der Waals surface area contributed by atoms with E-state index in [2.05, 4.69) is 23.3 Å². The Hall–Kier alpha value is -3.20. The Labute approximate surface area is 224 Å². The van der Waals surface area contributed by atoms with Crippen molar-refractivity contribution in [1.82, 2.24) is 10.2 Å². The first kappa shape index (κ1) is 28.4. The van der Waals surface area contributed by atoms with Crippen LogP contribution < -0.4 is 15.4 Å². The molecular weight excluding hydrogens is 490 g/mol. The molecule has 0 aliphatic heterocycles. The lowest BCUT2D eigenvalue weighted by atomic mass is 9.88. The summed E-state index contributed by atoms with van der Waals surface area (Å²) in [5, 5.41) is 5.61. The van der Waals surface area contributed by atoms with Gasteiger partial charge in [-0.1, -0.05) is 29.8 Å². The lowest BCUT2D eigenvalue weighted by Gasteiger charge is -2.43. The second-order valence-electron chi connectivity index (χ2n) is 10.2. The number of rotatable bonds is 9. The van der Waals surface area contributed by atoms with Gasteiger partial charge in [0.15, 0.2) is 0 Å². The molecule has 37 heavy (non-hydrogen) atoms. The fourth-order valence-electron chi connectivity index (χ4n) is 4.16. The standard InChI is InChI=1S/C28H37N3O5S/c1-18-8-6-9-19(16-18)24(25(32)29-20-12-14-22(35-5)15-13-20)31(21-10-7-11-21)26(33)23(17-37)30-27(34)36-28(2,3)4/h6,8-9,12-16,21,23-24,37H,7,10-11,17H2,1-5H3,(H,29,32)(H,30,34). The van der Waals surface area contributed by atoms with E-state index in [4.69, 9.17) is 9.47 Å². The number of nitrogens with zero attached hydrogens (tertiary/aromatic N) is 1. The van der Waals surface area contributed by atoms with Crippen molar-refractivity contribution in [3.8, 4) is 5.75 Å². The van der Waals surface area contributed by atoms with Crippen molar-refractivity contribution in [1.29, 1.82) is 0 Å². The molecule has 2 unspecified atom stereocenters. The summed E-state index contributed by atoms with van der Waals surface area (Å²) in [5.41, 5.74) is 1.53. The Bertz CT molecular complexity index is 1100. The molecule has 1 aliphatic rings. The molecule has 0 aromatic heterocycles. The molecule has 2 aromatic rings. The zero-order valence-electron chi connectivity index (χ0n) is 22.1. The summed E-state index contributed by atoms with van der Waals surface area (Å²) in [6, 6.07) is 12.6. The van der Waals surface area contributed by atoms with E-state index >= 15 is 0 Å². The van der Waals surface area contributed by atoms with Gasteiger partial charge in [-0.15, -0.1) is 0 Å². The molecule has 0 saturated heterocycles. The Morgan fingerprint density at radius 3 is 2.30 bits per heavy atom. The third-order valence-corrected chi connectivity index (χ3v) is 6.50. The summed E-state index contributed by atoms with van der Waals surface area (Å²) in [7, 11) is 1.58. The molecule has 1 fully saturated rings. The molecule has 2 atom stereocenters. The number of carbonyl (C=O) groups excluding carboxylic acids is 3. The third-order valence-electron chi connectivity index (χ3n) is 6.14. The number of hydrogen-bond acceptors (Lipinski definition) is 6. The molecule has 3 rings (SSSR count). The Balaban J connectivity index is 1.96. The van der Waals surface area contributed by atoms with Gasteiger partial charge in [-0.3, -0.25) is 9.59 Å². The van der Waals surface area contributed by atoms with Crippen LogP contribution in [0.3, 0.4) is 0 Å². The molecule has 1 aliphatic carbocycles. The molecule has 2 N–H and O–H groups in total. The smallest absolute Gasteiger partial charge is 0.408 e. The summed E-state index contributed by atoms with van der Waals surface area (Å²) < 4.78 is 10.6. The van der Waals surface area contributed by atoms with Crippen molar-refractivity contribution in [3.05, 3.63) is 59.7 Å². The Morgan fingerprint density at radius 1 is 1.11 bits per heavy atom. The molecule has 3 amide bonds. The van der Waals surface area contributed by atoms with Crippen LogP contribution in [0.4, 0.5) is 10.5 Å². The van der Waals surface area contributed by atoms with Crippen LogP contribution in [0.2, 0.25) is 0 Å². The number of carbonyl (C=O) groups is 3. The minimum Gasteiger partial charge on any atom is -0.497 e. The van der Waals surface area contributed by atoms with Gasteiger partial charge in [0.25, 0.3) is 5.91 Å². The van der Waals surface area contributed by atoms with Gasteiger partial charge in [-0.2, -0.15) is 12.6 Å². The number of thiol groups is 1. The number of aryl methyl sites for hydroxylation is 1. The number of ether oxygens (including phenoxy) is 2. The van der Waals surface area contributed by atoms with E-state index in [0.29, 0.717) is 17.0 Å². The minimum atomic E-state index is -0.958. The number of hydrogen-bond donors (Lipinski definition) is 3. The van der Waals surface area contributed by atoms with Gasteiger partial charge in [-0.05, 0) is 76.8 Å². The van der Waals surface area contributed by atoms with E-state index in [1.54, 1.807) is 57.0 Å². The molecule has 1 saturated carbocycles. The maximum absolute atomic E-state index is 14.0. The predicted octanol–water partition coefficient (Wildman–Crippen LogP) is 4.89. The van der Waals surface area contributed by atoms with Crippen LogP contribution in [0.25, 0.3) is 0 Å². The molecular formula is C28H37N3O5S. The van der Waals surface area contributed by atoms with Crippen LogP contribution in [-0.2, 0) is 14.3 Å². The summed E-state index contributed by atoms with van der Waals surface area (Å²) in [5.74, 6) is 0.0135. The molecule has 9 heteroatoms. The molecule has 200 valence electrons. The van der Waals surface area contributed by atoms with Crippen molar-refractivity contribution >= 4 is 36.2 Å². The van der Waals surface area contributed by atoms with E-state index in [1.807, 2.05) is 31.2 Å². The molecule has 0 heterocycles. The highest BCUT2D eigenvalue weighted by Gasteiger charge is 2.41. The van der Waals surface area contributed by atoms with Crippen LogP contribution in [0.15, 0.2) is 48.5 Å². The maximum atomic E-state index is 14.0. The van der Waals surface area contributed by atoms with Gasteiger partial charge in [0.2, 0.25) is 5.91 Å². The van der Waals surface area contributed by atoms with Gasteiger partial charge in [0.05, 0.1) is 7.11 Å². The third kappa shape index (κ3) is 7.64. The lowest BCUT2D eigenvalue weighted by Crippen LogP contribution is -2.57. The zero-order valence-corrected chi connectivity index (χ0v) is 23.0. The minimum absolute atomic E-state index is 0.0575. The largest absolute Gasteiger partial charge is 0.497 e. The number of benzene rings is 2. The maximum Gasteiger partial charge on any atom is 0.408 e. The van der Waals surface area contributed by atoms with Gasteiger partial charge in [0, 0.05) is 17.5 Å². The molecule has 0 bridgehead atoms. The number of nitrogens with one attached hydrogen (secondary N) is 2. The van der Waals surface area contributed by atoms with Crippen LogP contribution in [0, 0.1) is 6.92 Å². The predicted molar refractivity (Wildman–Crippen MR) is 147 cm³/mol. The zero-order chi connectivity index (χ0) is 27.2. The fourth-order valence-corrected chi connectivity index (χ4v) is 4.41. The molecule has 0 radical (unpaired) electrons. The molecule has 8 nitrogen and oxygen atoms in total. The van der Waals surface area contributed by atoms with Gasteiger partial charge in [0.1, 0.15) is 23.4 Å². The number of alkyl carbamates (subject to hydrolysis) is 1. The van der Waals surface area contributed by atoms with Crippen molar-refractivity contribution in [2.75, 3.05) is 18.2 Å². The van der Waals surface area contributed by atoms with Crippen molar-refractivity contribution in [3.63, 3.8) is 0 Å². The second-order valence-corrected chi connectivity index (χ2v) is 10.6. The summed E-state index contributed by atoms with van der Waals surface area (Å²) >= 11 is 4.34. The highest BCUT2D eigenvalue weighted by molar-refractivity contribution is 7.80. The highest BCUT2D eigenvalue weighted by Crippen LogP contribution is 2.34. The lowest BCUT2D eigenvalue weighted by molar-refractivity contribution is -0.145. The topological polar surface area (TPSA) is 97.0 Å². The van der Waals surface area contributed by atoms with Gasteiger partial charge >= 0.3 is 6.09 Å². The Morgan fingerprint density at radius 2 is 1.78 bits per heavy atom. The van der Waals surface area contributed by atoms with E-state index in [9.17, 15) is 14.4 Å². The van der Waals surface area contributed by atoms with E-state index in [1.165, 1.54) is 0 Å². The van der Waals surface area contributed by atoms with Crippen molar-refractivity contribution in [2.24, 2.45) is 0 Å². The summed E-state index contributed by atoms with van der Waals surface area (Å²) in [4.78, 5) is 41.9. The first-order valence-corrected chi connectivity index (χ1v) is 13.1. The second kappa shape index (κ2) is 12.4. The van der Waals surface area contributed by atoms with E-state index in [0.717, 1.165) is 24.8 Å². The van der Waals surface area contributed by atoms with Crippen LogP contribution >= 0.6 is 12.6 Å². The SMILES string of the molecule is COc1ccc(NC(=O)C(c2cccc(C)c2)N(C(=O)C(CS)NC(=O)OC(C)(C)C)C2CCC2)cc1. The van der Waals surface area contributed by atoms with Gasteiger partial charge < -0.3 is 25.0 Å². The normalized spacial score (nSPS) is 15.1. The van der Waals surface area contributed by atoms with Crippen molar-refractivity contribution in [2.45, 2.75) is 70.7 Å². The Kier molecular flexibility index (Phi) is 9.48. The monoisotopic (exact) mass is 527 g/mol. The first-order valence-electron chi connectivity index (χ1n) is 12.5. The van der Waals surface area contributed by atoms with Gasteiger partial charge in [-0.25, -0.2) is 4.79 Å².